The maximum Gasteiger partial charge on any atom is 0.387 e. The van der Waals surface area contributed by atoms with Crippen molar-refractivity contribution in [3.63, 3.8) is 0 Å². The lowest BCUT2D eigenvalue weighted by Gasteiger charge is -2.08. The van der Waals surface area contributed by atoms with E-state index in [0.717, 1.165) is 0 Å². The van der Waals surface area contributed by atoms with E-state index in [1.54, 1.807) is 19.1 Å². The Balaban J connectivity index is 2.79. The third-order valence-electron chi connectivity index (χ3n) is 1.57. The SMILES string of the molecule is C[C@@H](O)c1cccc(OC(F)F)c1. The number of alkyl halides is 2. The fraction of sp³-hybridized carbons (Fsp3) is 0.333. The molecule has 0 radical (unpaired) electrons. The third-order valence-corrected chi connectivity index (χ3v) is 1.57. The second-order valence-electron chi connectivity index (χ2n) is 2.63. The number of aliphatic hydroxyl groups excluding tert-OH is 1. The first-order valence-corrected chi connectivity index (χ1v) is 3.82. The molecule has 1 aromatic rings. The molecule has 4 heteroatoms. The Bertz CT molecular complexity index is 274. The molecule has 0 saturated carbocycles. The summed E-state index contributed by atoms with van der Waals surface area (Å²) in [5.41, 5.74) is 0.554. The van der Waals surface area contributed by atoms with Gasteiger partial charge in [0.15, 0.2) is 0 Å². The van der Waals surface area contributed by atoms with E-state index in [4.69, 9.17) is 5.11 Å². The fourth-order valence-corrected chi connectivity index (χ4v) is 0.951. The maximum absolute atomic E-state index is 11.8. The van der Waals surface area contributed by atoms with Crippen LogP contribution in [0.25, 0.3) is 0 Å². The van der Waals surface area contributed by atoms with Crippen LogP contribution in [0, 0.1) is 0 Å². The molecule has 0 aromatic heterocycles. The highest BCUT2D eigenvalue weighted by Crippen LogP contribution is 2.20. The van der Waals surface area contributed by atoms with Gasteiger partial charge in [-0.3, -0.25) is 0 Å². The highest BCUT2D eigenvalue weighted by molar-refractivity contribution is 5.29. The van der Waals surface area contributed by atoms with Gasteiger partial charge in [0.05, 0.1) is 6.10 Å². The fourth-order valence-electron chi connectivity index (χ4n) is 0.951. The van der Waals surface area contributed by atoms with E-state index in [0.29, 0.717) is 5.56 Å². The molecule has 0 bridgehead atoms. The quantitative estimate of drug-likeness (QED) is 0.788. The molecule has 0 aliphatic rings. The molecule has 0 amide bonds. The smallest absolute Gasteiger partial charge is 0.387 e. The number of benzene rings is 1. The Morgan fingerprint density at radius 1 is 1.38 bits per heavy atom. The molecule has 0 unspecified atom stereocenters. The lowest BCUT2D eigenvalue weighted by Crippen LogP contribution is -2.02. The van der Waals surface area contributed by atoms with Crippen LogP contribution in [0.15, 0.2) is 24.3 Å². The van der Waals surface area contributed by atoms with Crippen molar-refractivity contribution in [3.8, 4) is 5.75 Å². The van der Waals surface area contributed by atoms with Crippen LogP contribution in [0.4, 0.5) is 8.78 Å². The first kappa shape index (κ1) is 9.92. The lowest BCUT2D eigenvalue weighted by molar-refractivity contribution is -0.0499. The van der Waals surface area contributed by atoms with Gasteiger partial charge >= 0.3 is 6.61 Å². The molecule has 1 atom stereocenters. The topological polar surface area (TPSA) is 29.5 Å². The minimum Gasteiger partial charge on any atom is -0.435 e. The van der Waals surface area contributed by atoms with Gasteiger partial charge in [-0.05, 0) is 24.6 Å². The van der Waals surface area contributed by atoms with Gasteiger partial charge in [0.25, 0.3) is 0 Å². The predicted octanol–water partition coefficient (Wildman–Crippen LogP) is 2.34. The van der Waals surface area contributed by atoms with Crippen LogP contribution in [-0.2, 0) is 0 Å². The van der Waals surface area contributed by atoms with Crippen LogP contribution in [0.2, 0.25) is 0 Å². The van der Waals surface area contributed by atoms with Crippen LogP contribution in [0.5, 0.6) is 5.75 Å². The van der Waals surface area contributed by atoms with Crippen molar-refractivity contribution in [1.29, 1.82) is 0 Å². The summed E-state index contributed by atoms with van der Waals surface area (Å²) < 4.78 is 27.7. The second-order valence-corrected chi connectivity index (χ2v) is 2.63. The average Bonchev–Trinajstić information content (AvgIpc) is 2.03. The predicted molar refractivity (Wildman–Crippen MR) is 43.7 cm³/mol. The van der Waals surface area contributed by atoms with Gasteiger partial charge in [-0.1, -0.05) is 12.1 Å². The molecule has 0 spiro atoms. The van der Waals surface area contributed by atoms with Crippen molar-refractivity contribution in [2.24, 2.45) is 0 Å². The summed E-state index contributed by atoms with van der Waals surface area (Å²) in [4.78, 5) is 0. The van der Waals surface area contributed by atoms with E-state index in [-0.39, 0.29) is 5.75 Å². The Morgan fingerprint density at radius 3 is 2.62 bits per heavy atom. The van der Waals surface area contributed by atoms with Gasteiger partial charge < -0.3 is 9.84 Å². The van der Waals surface area contributed by atoms with Crippen LogP contribution >= 0.6 is 0 Å². The number of aliphatic hydroxyl groups is 1. The summed E-state index contributed by atoms with van der Waals surface area (Å²) in [6.07, 6.45) is -0.679. The molecule has 1 N–H and O–H groups in total. The van der Waals surface area contributed by atoms with Gasteiger partial charge in [0, 0.05) is 0 Å². The minimum absolute atomic E-state index is 0.0633. The van der Waals surface area contributed by atoms with E-state index in [9.17, 15) is 8.78 Å². The van der Waals surface area contributed by atoms with Crippen LogP contribution in [0.3, 0.4) is 0 Å². The first-order valence-electron chi connectivity index (χ1n) is 3.82. The zero-order valence-electron chi connectivity index (χ0n) is 7.08. The number of ether oxygens (including phenoxy) is 1. The molecule has 0 saturated heterocycles. The molecule has 2 nitrogen and oxygen atoms in total. The number of halogens is 2. The van der Waals surface area contributed by atoms with Crippen molar-refractivity contribution in [3.05, 3.63) is 29.8 Å². The molecule has 0 aliphatic heterocycles. The molecule has 13 heavy (non-hydrogen) atoms. The van der Waals surface area contributed by atoms with E-state index in [1.165, 1.54) is 12.1 Å². The highest BCUT2D eigenvalue weighted by Gasteiger charge is 2.06. The summed E-state index contributed by atoms with van der Waals surface area (Å²) in [6, 6.07) is 6.00. The van der Waals surface area contributed by atoms with Crippen molar-refractivity contribution in [2.75, 3.05) is 0 Å². The lowest BCUT2D eigenvalue weighted by atomic mass is 10.1. The average molecular weight is 188 g/mol. The number of hydrogen-bond acceptors (Lipinski definition) is 2. The molecule has 1 rings (SSSR count). The van der Waals surface area contributed by atoms with Crippen LogP contribution in [0.1, 0.15) is 18.6 Å². The van der Waals surface area contributed by atoms with Crippen molar-refractivity contribution in [2.45, 2.75) is 19.6 Å². The summed E-state index contributed by atoms with van der Waals surface area (Å²) in [5.74, 6) is 0.0633. The second kappa shape index (κ2) is 4.18. The Kier molecular flexibility index (Phi) is 3.19. The first-order chi connectivity index (χ1) is 6.09. The Labute approximate surface area is 74.8 Å². The largest absolute Gasteiger partial charge is 0.435 e. The van der Waals surface area contributed by atoms with E-state index < -0.39 is 12.7 Å². The molecule has 72 valence electrons. The normalized spacial score (nSPS) is 13.0. The summed E-state index contributed by atoms with van der Waals surface area (Å²) in [6.45, 7) is -1.27. The van der Waals surface area contributed by atoms with Gasteiger partial charge in [0.2, 0.25) is 0 Å². The zero-order chi connectivity index (χ0) is 9.84. The molecule has 0 fully saturated rings. The maximum atomic E-state index is 11.8. The zero-order valence-corrected chi connectivity index (χ0v) is 7.08. The van der Waals surface area contributed by atoms with E-state index in [2.05, 4.69) is 4.74 Å². The standard InChI is InChI=1S/C9H10F2O2/c1-6(12)7-3-2-4-8(5-7)13-9(10)11/h2-6,9,12H,1H3/t6-/m1/s1. The van der Waals surface area contributed by atoms with E-state index in [1.807, 2.05) is 0 Å². The monoisotopic (exact) mass is 188 g/mol. The Hall–Kier alpha value is -1.16. The molecule has 0 aliphatic carbocycles. The van der Waals surface area contributed by atoms with Gasteiger partial charge in [-0.15, -0.1) is 0 Å². The number of rotatable bonds is 3. The van der Waals surface area contributed by atoms with Gasteiger partial charge in [0.1, 0.15) is 5.75 Å². The van der Waals surface area contributed by atoms with Crippen molar-refractivity contribution >= 4 is 0 Å². The van der Waals surface area contributed by atoms with E-state index >= 15 is 0 Å². The summed E-state index contributed by atoms with van der Waals surface area (Å²) in [7, 11) is 0. The third kappa shape index (κ3) is 2.99. The minimum atomic E-state index is -2.83. The molecular formula is C9H10F2O2. The van der Waals surface area contributed by atoms with Gasteiger partial charge in [-0.2, -0.15) is 8.78 Å². The molecule has 0 heterocycles. The van der Waals surface area contributed by atoms with Crippen molar-refractivity contribution in [1.82, 2.24) is 0 Å². The van der Waals surface area contributed by atoms with Crippen LogP contribution < -0.4 is 4.74 Å². The molecular weight excluding hydrogens is 178 g/mol. The van der Waals surface area contributed by atoms with Gasteiger partial charge in [-0.25, -0.2) is 0 Å². The highest BCUT2D eigenvalue weighted by atomic mass is 19.3. The summed E-state index contributed by atoms with van der Waals surface area (Å²) in [5, 5.41) is 9.14. The van der Waals surface area contributed by atoms with Crippen LogP contribution in [-0.4, -0.2) is 11.7 Å². The molecule has 1 aromatic carbocycles. The Morgan fingerprint density at radius 2 is 2.08 bits per heavy atom. The summed E-state index contributed by atoms with van der Waals surface area (Å²) >= 11 is 0. The van der Waals surface area contributed by atoms with Crippen molar-refractivity contribution < 1.29 is 18.6 Å². The number of hydrogen-bond donors (Lipinski definition) is 1.